The van der Waals surface area contributed by atoms with Gasteiger partial charge in [-0.1, -0.05) is 73.8 Å². The Hall–Kier alpha value is -2.00. The van der Waals surface area contributed by atoms with E-state index in [0.717, 1.165) is 25.6 Å². The van der Waals surface area contributed by atoms with Crippen molar-refractivity contribution in [3.63, 3.8) is 0 Å². The Morgan fingerprint density at radius 1 is 0.906 bits per heavy atom. The summed E-state index contributed by atoms with van der Waals surface area (Å²) in [5.74, 6) is -0.367. The van der Waals surface area contributed by atoms with Gasteiger partial charge in [0.2, 0.25) is 15.9 Å². The predicted octanol–water partition coefficient (Wildman–Crippen LogP) is 5.59. The molecule has 0 radical (unpaired) electrons. The molecule has 32 heavy (non-hydrogen) atoms. The third-order valence-electron chi connectivity index (χ3n) is 5.00. The van der Waals surface area contributed by atoms with Gasteiger partial charge in [0.1, 0.15) is 0 Å². The van der Waals surface area contributed by atoms with Crippen LogP contribution in [0.15, 0.2) is 86.6 Å². The quantitative estimate of drug-likeness (QED) is 0.378. The van der Waals surface area contributed by atoms with Crippen LogP contribution in [0, 0.1) is 6.92 Å². The van der Waals surface area contributed by atoms with Gasteiger partial charge in [0.15, 0.2) is 0 Å². The largest absolute Gasteiger partial charge is 0.348 e. The van der Waals surface area contributed by atoms with E-state index in [9.17, 15) is 13.2 Å². The molecule has 0 aliphatic carbocycles. The molecule has 0 spiro atoms. The van der Waals surface area contributed by atoms with Crippen molar-refractivity contribution in [3.8, 4) is 0 Å². The molecule has 1 N–H and O–H groups in total. The molecule has 0 bridgehead atoms. The smallest absolute Gasteiger partial charge is 0.243 e. The normalized spacial score (nSPS) is 12.5. The minimum absolute atomic E-state index is 0.0960. The molecule has 0 fully saturated rings. The van der Waals surface area contributed by atoms with E-state index in [2.05, 4.69) is 37.2 Å². The summed E-state index contributed by atoms with van der Waals surface area (Å²) in [7, 11) is -3.88. The van der Waals surface area contributed by atoms with Gasteiger partial charge in [-0.25, -0.2) is 8.42 Å². The Balaban J connectivity index is 1.82. The molecule has 168 valence electrons. The molecule has 8 heteroatoms. The topological polar surface area (TPSA) is 66.5 Å². The van der Waals surface area contributed by atoms with Crippen molar-refractivity contribution in [2.24, 2.45) is 0 Å². The molecule has 0 aliphatic rings. The van der Waals surface area contributed by atoms with Gasteiger partial charge in [-0.3, -0.25) is 4.79 Å². The van der Waals surface area contributed by atoms with E-state index in [1.807, 2.05) is 62.4 Å². The van der Waals surface area contributed by atoms with Crippen molar-refractivity contribution in [1.82, 2.24) is 9.62 Å². The van der Waals surface area contributed by atoms with Gasteiger partial charge < -0.3 is 5.32 Å². The summed E-state index contributed by atoms with van der Waals surface area (Å²) >= 11 is 6.73. The number of benzene rings is 3. The Morgan fingerprint density at radius 2 is 1.44 bits per heavy atom. The number of carbonyl (C=O) groups excluding carboxylic acids is 1. The summed E-state index contributed by atoms with van der Waals surface area (Å²) in [6.45, 7) is 3.65. The van der Waals surface area contributed by atoms with E-state index in [1.54, 1.807) is 12.1 Å². The van der Waals surface area contributed by atoms with Crippen LogP contribution in [-0.2, 0) is 21.4 Å². The van der Waals surface area contributed by atoms with Crippen LogP contribution in [0.3, 0.4) is 0 Å². The Labute approximate surface area is 206 Å². The first-order valence-corrected chi connectivity index (χ1v) is 13.0. The Kier molecular flexibility index (Phi) is 8.27. The molecule has 0 unspecified atom stereocenters. The summed E-state index contributed by atoms with van der Waals surface area (Å²) in [5, 5.41) is 2.91. The van der Waals surface area contributed by atoms with Crippen LogP contribution in [0.25, 0.3) is 0 Å². The highest BCUT2D eigenvalue weighted by molar-refractivity contribution is 9.10. The highest BCUT2D eigenvalue weighted by Gasteiger charge is 2.27. The van der Waals surface area contributed by atoms with E-state index >= 15 is 0 Å². The molecule has 1 amide bonds. The number of carbonyl (C=O) groups is 1. The summed E-state index contributed by atoms with van der Waals surface area (Å²) in [4.78, 5) is 13.0. The summed E-state index contributed by atoms with van der Waals surface area (Å²) < 4.78 is 29.7. The zero-order valence-corrected chi connectivity index (χ0v) is 21.7. The average Bonchev–Trinajstić information content (AvgIpc) is 2.75. The first kappa shape index (κ1) is 24.6. The number of hydrogen-bond donors (Lipinski definition) is 1. The van der Waals surface area contributed by atoms with E-state index in [0.29, 0.717) is 0 Å². The number of hydrogen-bond acceptors (Lipinski definition) is 3. The Bertz CT molecular complexity index is 1160. The fourth-order valence-electron chi connectivity index (χ4n) is 3.16. The molecular weight excluding hydrogens is 556 g/mol. The number of nitrogens with one attached hydrogen (secondary N) is 1. The van der Waals surface area contributed by atoms with Crippen molar-refractivity contribution in [2.75, 3.05) is 6.54 Å². The van der Waals surface area contributed by atoms with Crippen molar-refractivity contribution in [1.29, 1.82) is 0 Å². The minimum Gasteiger partial charge on any atom is -0.348 e. The lowest BCUT2D eigenvalue weighted by Crippen LogP contribution is -2.41. The van der Waals surface area contributed by atoms with Gasteiger partial charge >= 0.3 is 0 Å². The van der Waals surface area contributed by atoms with Crippen LogP contribution >= 0.6 is 31.9 Å². The van der Waals surface area contributed by atoms with E-state index < -0.39 is 10.0 Å². The fraction of sp³-hybridized carbons (Fsp3) is 0.208. The summed E-state index contributed by atoms with van der Waals surface area (Å²) in [5.41, 5.74) is 2.82. The van der Waals surface area contributed by atoms with E-state index in [4.69, 9.17) is 0 Å². The SMILES string of the molecule is Cc1ccc(CN(CC(=O)N[C@@H](C)c2ccc(Br)cc2)S(=O)(=O)c2ccc(Br)cc2)cc1. The molecule has 5 nitrogen and oxygen atoms in total. The van der Waals surface area contributed by atoms with Gasteiger partial charge in [-0.15, -0.1) is 0 Å². The second kappa shape index (κ2) is 10.7. The summed E-state index contributed by atoms with van der Waals surface area (Å²) in [6, 6.07) is 21.4. The average molecular weight is 580 g/mol. The van der Waals surface area contributed by atoms with Crippen molar-refractivity contribution >= 4 is 47.8 Å². The molecule has 0 heterocycles. The van der Waals surface area contributed by atoms with E-state index in [1.165, 1.54) is 16.4 Å². The van der Waals surface area contributed by atoms with Crippen LogP contribution in [0.2, 0.25) is 0 Å². The third-order valence-corrected chi connectivity index (χ3v) is 7.86. The maximum atomic E-state index is 13.4. The number of halogens is 2. The number of rotatable bonds is 8. The van der Waals surface area contributed by atoms with Crippen molar-refractivity contribution in [3.05, 3.63) is 98.4 Å². The predicted molar refractivity (Wildman–Crippen MR) is 134 cm³/mol. The Morgan fingerprint density at radius 3 is 2.00 bits per heavy atom. The lowest BCUT2D eigenvalue weighted by atomic mass is 10.1. The standard InChI is InChI=1S/C24H24Br2N2O3S/c1-17-3-5-19(6-4-17)15-28(32(30,31)23-13-11-22(26)12-14-23)16-24(29)27-18(2)20-7-9-21(25)10-8-20/h3-14,18H,15-16H2,1-2H3,(H,27,29)/t18-/m0/s1. The van der Waals surface area contributed by atoms with Crippen molar-refractivity contribution < 1.29 is 13.2 Å². The van der Waals surface area contributed by atoms with Gasteiger partial charge in [0, 0.05) is 15.5 Å². The van der Waals surface area contributed by atoms with Gasteiger partial charge in [-0.05, 0) is 61.4 Å². The molecule has 3 aromatic rings. The minimum atomic E-state index is -3.88. The lowest BCUT2D eigenvalue weighted by Gasteiger charge is -2.23. The van der Waals surface area contributed by atoms with Crippen LogP contribution < -0.4 is 5.32 Å². The van der Waals surface area contributed by atoms with Gasteiger partial charge in [0.25, 0.3) is 0 Å². The summed E-state index contributed by atoms with van der Waals surface area (Å²) in [6.07, 6.45) is 0. The molecule has 0 saturated heterocycles. The molecule has 0 saturated carbocycles. The number of nitrogens with zero attached hydrogens (tertiary/aromatic N) is 1. The fourth-order valence-corrected chi connectivity index (χ4v) is 5.07. The first-order chi connectivity index (χ1) is 15.1. The zero-order valence-electron chi connectivity index (χ0n) is 17.8. The molecule has 3 aromatic carbocycles. The lowest BCUT2D eigenvalue weighted by molar-refractivity contribution is -0.122. The van der Waals surface area contributed by atoms with Crippen LogP contribution in [-0.4, -0.2) is 25.2 Å². The molecule has 1 atom stereocenters. The van der Waals surface area contributed by atoms with Crippen LogP contribution in [0.5, 0.6) is 0 Å². The van der Waals surface area contributed by atoms with Crippen LogP contribution in [0.4, 0.5) is 0 Å². The molecule has 3 rings (SSSR count). The maximum absolute atomic E-state index is 13.4. The monoisotopic (exact) mass is 578 g/mol. The van der Waals surface area contributed by atoms with Crippen molar-refractivity contribution in [2.45, 2.75) is 31.3 Å². The highest BCUT2D eigenvalue weighted by Crippen LogP contribution is 2.22. The molecule has 0 aliphatic heterocycles. The van der Waals surface area contributed by atoms with Crippen LogP contribution in [0.1, 0.15) is 29.7 Å². The molecular formula is C24H24Br2N2O3S. The number of sulfonamides is 1. The first-order valence-electron chi connectivity index (χ1n) is 10.0. The molecule has 0 aromatic heterocycles. The highest BCUT2D eigenvalue weighted by atomic mass is 79.9. The van der Waals surface area contributed by atoms with E-state index in [-0.39, 0.29) is 29.9 Å². The van der Waals surface area contributed by atoms with Gasteiger partial charge in [0.05, 0.1) is 17.5 Å². The number of amides is 1. The second-order valence-corrected chi connectivity index (χ2v) is 11.3. The number of aryl methyl sites for hydroxylation is 1. The second-order valence-electron chi connectivity index (χ2n) is 7.55. The maximum Gasteiger partial charge on any atom is 0.243 e. The van der Waals surface area contributed by atoms with Gasteiger partial charge in [-0.2, -0.15) is 4.31 Å². The third kappa shape index (κ3) is 6.51. The zero-order chi connectivity index (χ0) is 23.3.